The van der Waals surface area contributed by atoms with E-state index in [9.17, 15) is 8.78 Å². The van der Waals surface area contributed by atoms with Crippen molar-refractivity contribution in [3.8, 4) is 0 Å². The molecule has 2 unspecified atom stereocenters. The summed E-state index contributed by atoms with van der Waals surface area (Å²) in [5, 5.41) is 3.16. The van der Waals surface area contributed by atoms with Gasteiger partial charge in [-0.2, -0.15) is 0 Å². The number of hydrogen-bond donors (Lipinski definition) is 1. The molecule has 90 valence electrons. The second-order valence-corrected chi connectivity index (χ2v) is 4.35. The minimum Gasteiger partial charge on any atom is -0.310 e. The van der Waals surface area contributed by atoms with Crippen LogP contribution in [0.15, 0.2) is 18.2 Å². The van der Waals surface area contributed by atoms with Crippen molar-refractivity contribution in [2.24, 2.45) is 5.92 Å². The summed E-state index contributed by atoms with van der Waals surface area (Å²) in [5.41, 5.74) is 0.468. The summed E-state index contributed by atoms with van der Waals surface area (Å²) in [5.74, 6) is -0.202. The van der Waals surface area contributed by atoms with E-state index < -0.39 is 11.6 Å². The van der Waals surface area contributed by atoms with Crippen LogP contribution in [0.2, 0.25) is 0 Å². The van der Waals surface area contributed by atoms with Gasteiger partial charge < -0.3 is 5.32 Å². The van der Waals surface area contributed by atoms with Gasteiger partial charge >= 0.3 is 0 Å². The van der Waals surface area contributed by atoms with Gasteiger partial charge in [0.15, 0.2) is 0 Å². The van der Waals surface area contributed by atoms with Crippen molar-refractivity contribution in [3.05, 3.63) is 35.4 Å². The Morgan fingerprint density at radius 2 is 2.00 bits per heavy atom. The molecule has 0 fully saturated rings. The Balaban J connectivity index is 2.54. The first-order valence-corrected chi connectivity index (χ1v) is 5.81. The second kappa shape index (κ2) is 6.16. The van der Waals surface area contributed by atoms with E-state index in [-0.39, 0.29) is 6.04 Å². The van der Waals surface area contributed by atoms with Gasteiger partial charge in [0.05, 0.1) is 0 Å². The normalized spacial score (nSPS) is 14.8. The first kappa shape index (κ1) is 13.4. The molecule has 0 saturated heterocycles. The zero-order chi connectivity index (χ0) is 12.1. The molecule has 2 atom stereocenters. The van der Waals surface area contributed by atoms with Crippen molar-refractivity contribution in [3.63, 3.8) is 0 Å². The molecular formula is C12H16ClF2N. The molecule has 1 rings (SSSR count). The molecule has 1 nitrogen and oxygen atoms in total. The number of nitrogens with one attached hydrogen (secondary N) is 1. The molecule has 0 aromatic heterocycles. The Bertz CT molecular complexity index is 344. The van der Waals surface area contributed by atoms with E-state index in [0.717, 1.165) is 6.07 Å². The fourth-order valence-corrected chi connectivity index (χ4v) is 1.54. The topological polar surface area (TPSA) is 12.0 Å². The van der Waals surface area contributed by atoms with Gasteiger partial charge in [-0.15, -0.1) is 11.6 Å². The third-order valence-corrected chi connectivity index (χ3v) is 3.21. The van der Waals surface area contributed by atoms with E-state index in [4.69, 9.17) is 11.6 Å². The summed E-state index contributed by atoms with van der Waals surface area (Å²) < 4.78 is 25.9. The van der Waals surface area contributed by atoms with Gasteiger partial charge in [-0.05, 0) is 18.9 Å². The lowest BCUT2D eigenvalue weighted by Gasteiger charge is -2.19. The predicted molar refractivity (Wildman–Crippen MR) is 62.5 cm³/mol. The highest BCUT2D eigenvalue weighted by atomic mass is 35.5. The van der Waals surface area contributed by atoms with E-state index in [1.165, 1.54) is 12.1 Å². The fourth-order valence-electron chi connectivity index (χ4n) is 1.27. The molecular weight excluding hydrogens is 232 g/mol. The molecule has 1 aromatic rings. The summed E-state index contributed by atoms with van der Waals surface area (Å²) in [6.45, 7) is 4.40. The lowest BCUT2D eigenvalue weighted by atomic mass is 10.1. The van der Waals surface area contributed by atoms with Gasteiger partial charge in [0, 0.05) is 30.1 Å². The van der Waals surface area contributed by atoms with Crippen molar-refractivity contribution in [1.29, 1.82) is 0 Å². The number of alkyl halides is 1. The molecule has 0 saturated carbocycles. The number of hydrogen-bond acceptors (Lipinski definition) is 1. The summed E-state index contributed by atoms with van der Waals surface area (Å²) in [6.07, 6.45) is 0. The zero-order valence-corrected chi connectivity index (χ0v) is 10.2. The van der Waals surface area contributed by atoms with Gasteiger partial charge in [0.1, 0.15) is 11.6 Å². The Hall–Kier alpha value is -0.670. The van der Waals surface area contributed by atoms with Crippen LogP contribution in [0.4, 0.5) is 8.78 Å². The van der Waals surface area contributed by atoms with E-state index in [1.807, 2.05) is 13.8 Å². The molecule has 0 bridgehead atoms. The lowest BCUT2D eigenvalue weighted by molar-refractivity contribution is 0.424. The molecule has 0 aliphatic carbocycles. The highest BCUT2D eigenvalue weighted by Crippen LogP contribution is 2.11. The Kier molecular flexibility index (Phi) is 5.16. The molecule has 0 heterocycles. The van der Waals surface area contributed by atoms with E-state index >= 15 is 0 Å². The minimum atomic E-state index is -0.552. The third-order valence-electron chi connectivity index (χ3n) is 2.73. The standard InChI is InChI=1S/C12H16ClF2N/c1-8(6-13)9(2)16-7-10-3-4-11(14)5-12(10)15/h3-5,8-9,16H,6-7H2,1-2H3. The quantitative estimate of drug-likeness (QED) is 0.787. The monoisotopic (exact) mass is 247 g/mol. The van der Waals surface area contributed by atoms with E-state index in [0.29, 0.717) is 23.9 Å². The van der Waals surface area contributed by atoms with Gasteiger partial charge in [-0.3, -0.25) is 0 Å². The Labute approximate surface area is 99.8 Å². The Morgan fingerprint density at radius 3 is 2.56 bits per heavy atom. The van der Waals surface area contributed by atoms with Crippen molar-refractivity contribution in [1.82, 2.24) is 5.32 Å². The highest BCUT2D eigenvalue weighted by Gasteiger charge is 2.11. The van der Waals surface area contributed by atoms with Crippen LogP contribution in [0, 0.1) is 17.6 Å². The number of benzene rings is 1. The van der Waals surface area contributed by atoms with Crippen molar-refractivity contribution in [2.45, 2.75) is 26.4 Å². The Morgan fingerprint density at radius 1 is 1.31 bits per heavy atom. The third kappa shape index (κ3) is 3.72. The first-order valence-electron chi connectivity index (χ1n) is 5.28. The maximum atomic E-state index is 13.3. The van der Waals surface area contributed by atoms with Crippen LogP contribution in [0.5, 0.6) is 0 Å². The van der Waals surface area contributed by atoms with Crippen LogP contribution >= 0.6 is 11.6 Å². The second-order valence-electron chi connectivity index (χ2n) is 4.04. The lowest BCUT2D eigenvalue weighted by Crippen LogP contribution is -2.32. The summed E-state index contributed by atoms with van der Waals surface area (Å²) >= 11 is 5.72. The fraction of sp³-hybridized carbons (Fsp3) is 0.500. The molecule has 0 radical (unpaired) electrons. The van der Waals surface area contributed by atoms with Crippen LogP contribution < -0.4 is 5.32 Å². The average Bonchev–Trinajstić information content (AvgIpc) is 2.26. The predicted octanol–water partition coefficient (Wildman–Crippen LogP) is 3.32. The van der Waals surface area contributed by atoms with Gasteiger partial charge in [-0.25, -0.2) is 8.78 Å². The molecule has 16 heavy (non-hydrogen) atoms. The van der Waals surface area contributed by atoms with Gasteiger partial charge in [-0.1, -0.05) is 13.0 Å². The molecule has 0 aliphatic heterocycles. The van der Waals surface area contributed by atoms with Crippen LogP contribution in [0.1, 0.15) is 19.4 Å². The van der Waals surface area contributed by atoms with Crippen LogP contribution in [0.25, 0.3) is 0 Å². The zero-order valence-electron chi connectivity index (χ0n) is 9.43. The van der Waals surface area contributed by atoms with Gasteiger partial charge in [0.2, 0.25) is 0 Å². The minimum absolute atomic E-state index is 0.196. The van der Waals surface area contributed by atoms with Crippen molar-refractivity contribution in [2.75, 3.05) is 5.88 Å². The number of halogens is 3. The summed E-state index contributed by atoms with van der Waals surface area (Å²) in [7, 11) is 0. The van der Waals surface area contributed by atoms with Crippen LogP contribution in [0.3, 0.4) is 0 Å². The molecule has 0 spiro atoms. The van der Waals surface area contributed by atoms with Gasteiger partial charge in [0.25, 0.3) is 0 Å². The van der Waals surface area contributed by atoms with E-state index in [2.05, 4.69) is 5.32 Å². The average molecular weight is 248 g/mol. The van der Waals surface area contributed by atoms with Crippen LogP contribution in [-0.4, -0.2) is 11.9 Å². The highest BCUT2D eigenvalue weighted by molar-refractivity contribution is 6.18. The molecule has 1 aromatic carbocycles. The molecule has 0 amide bonds. The molecule has 4 heteroatoms. The molecule has 1 N–H and O–H groups in total. The smallest absolute Gasteiger partial charge is 0.130 e. The molecule has 0 aliphatic rings. The largest absolute Gasteiger partial charge is 0.310 e. The van der Waals surface area contributed by atoms with Crippen molar-refractivity contribution >= 4 is 11.6 Å². The maximum Gasteiger partial charge on any atom is 0.130 e. The van der Waals surface area contributed by atoms with Crippen LogP contribution in [-0.2, 0) is 6.54 Å². The SMILES string of the molecule is CC(CCl)C(C)NCc1ccc(F)cc1F. The first-order chi connectivity index (χ1) is 7.54. The number of rotatable bonds is 5. The summed E-state index contributed by atoms with van der Waals surface area (Å²) in [6, 6.07) is 3.81. The maximum absolute atomic E-state index is 13.3. The van der Waals surface area contributed by atoms with Crippen molar-refractivity contribution < 1.29 is 8.78 Å². The van der Waals surface area contributed by atoms with E-state index in [1.54, 1.807) is 0 Å². The summed E-state index contributed by atoms with van der Waals surface area (Å²) in [4.78, 5) is 0.